The Morgan fingerprint density at radius 1 is 1.03 bits per heavy atom. The number of ether oxygens (including phenoxy) is 1. The van der Waals surface area contributed by atoms with Crippen LogP contribution in [0.1, 0.15) is 22.8 Å². The van der Waals surface area contributed by atoms with Crippen molar-refractivity contribution in [2.75, 3.05) is 22.6 Å². The van der Waals surface area contributed by atoms with E-state index < -0.39 is 12.0 Å². The molecular formula is C25H23N5O3S. The molecule has 8 nitrogen and oxygen atoms in total. The van der Waals surface area contributed by atoms with Gasteiger partial charge in [0.05, 0.1) is 17.9 Å². The Bertz CT molecular complexity index is 1290. The van der Waals surface area contributed by atoms with E-state index in [9.17, 15) is 9.59 Å². The average Bonchev–Trinajstić information content (AvgIpc) is 3.31. The maximum absolute atomic E-state index is 12.5. The molecule has 0 aliphatic rings. The Balaban J connectivity index is 1.40. The predicted molar refractivity (Wildman–Crippen MR) is 135 cm³/mol. The highest BCUT2D eigenvalue weighted by Crippen LogP contribution is 2.29. The van der Waals surface area contributed by atoms with Crippen LogP contribution in [0.5, 0.6) is 0 Å². The van der Waals surface area contributed by atoms with Gasteiger partial charge >= 0.3 is 12.0 Å². The zero-order valence-electron chi connectivity index (χ0n) is 18.7. The SMILES string of the molecule is CCOC(=O)c1ccc(NC(=O)Nc2ccc(C)c(Nc3nc(-c4cccnc4)cs3)c2)cc1. The fourth-order valence-corrected chi connectivity index (χ4v) is 3.86. The Morgan fingerprint density at radius 3 is 2.53 bits per heavy atom. The minimum atomic E-state index is -0.397. The number of hydrogen-bond donors (Lipinski definition) is 3. The second-order valence-corrected chi connectivity index (χ2v) is 8.17. The number of amides is 2. The van der Waals surface area contributed by atoms with E-state index in [1.807, 2.05) is 42.6 Å². The monoisotopic (exact) mass is 473 g/mol. The first-order chi connectivity index (χ1) is 16.5. The minimum absolute atomic E-state index is 0.308. The highest BCUT2D eigenvalue weighted by atomic mass is 32.1. The van der Waals surface area contributed by atoms with Gasteiger partial charge in [0.2, 0.25) is 0 Å². The van der Waals surface area contributed by atoms with Crippen molar-refractivity contribution in [1.29, 1.82) is 0 Å². The molecule has 2 amide bonds. The molecule has 0 fully saturated rings. The van der Waals surface area contributed by atoms with Gasteiger partial charge in [0.1, 0.15) is 0 Å². The summed E-state index contributed by atoms with van der Waals surface area (Å²) in [6.07, 6.45) is 3.50. The van der Waals surface area contributed by atoms with Crippen molar-refractivity contribution >= 4 is 45.5 Å². The fourth-order valence-electron chi connectivity index (χ4n) is 3.13. The van der Waals surface area contributed by atoms with Crippen LogP contribution in [0.2, 0.25) is 0 Å². The zero-order chi connectivity index (χ0) is 23.9. The topological polar surface area (TPSA) is 105 Å². The van der Waals surface area contributed by atoms with Gasteiger partial charge in [0.15, 0.2) is 5.13 Å². The summed E-state index contributed by atoms with van der Waals surface area (Å²) in [4.78, 5) is 33.0. The first kappa shape index (κ1) is 22.9. The number of anilines is 4. The number of carbonyl (C=O) groups excluding carboxylic acids is 2. The van der Waals surface area contributed by atoms with Gasteiger partial charge in [0.25, 0.3) is 0 Å². The van der Waals surface area contributed by atoms with Gasteiger partial charge in [-0.2, -0.15) is 0 Å². The van der Waals surface area contributed by atoms with E-state index in [0.29, 0.717) is 23.5 Å². The van der Waals surface area contributed by atoms with Crippen LogP contribution in [0.15, 0.2) is 72.4 Å². The Labute approximate surface area is 201 Å². The van der Waals surface area contributed by atoms with Crippen LogP contribution in [0.4, 0.5) is 27.0 Å². The van der Waals surface area contributed by atoms with Crippen molar-refractivity contribution in [3.05, 3.63) is 83.5 Å². The Morgan fingerprint density at radius 2 is 1.79 bits per heavy atom. The third kappa shape index (κ3) is 5.76. The smallest absolute Gasteiger partial charge is 0.338 e. The molecular weight excluding hydrogens is 450 g/mol. The molecule has 2 heterocycles. The van der Waals surface area contributed by atoms with E-state index in [-0.39, 0.29) is 0 Å². The second-order valence-electron chi connectivity index (χ2n) is 7.31. The van der Waals surface area contributed by atoms with Crippen LogP contribution < -0.4 is 16.0 Å². The summed E-state index contributed by atoms with van der Waals surface area (Å²) in [5.74, 6) is -0.397. The van der Waals surface area contributed by atoms with Crippen LogP contribution in [-0.4, -0.2) is 28.6 Å². The van der Waals surface area contributed by atoms with E-state index in [4.69, 9.17) is 4.74 Å². The molecule has 0 aliphatic heterocycles. The molecule has 4 aromatic rings. The van der Waals surface area contributed by atoms with E-state index in [2.05, 4.69) is 25.9 Å². The largest absolute Gasteiger partial charge is 0.462 e. The summed E-state index contributed by atoms with van der Waals surface area (Å²) in [6, 6.07) is 15.5. The number of rotatable bonds is 7. The van der Waals surface area contributed by atoms with Gasteiger partial charge < -0.3 is 20.7 Å². The predicted octanol–water partition coefficient (Wildman–Crippen LogP) is 6.08. The molecule has 0 radical (unpaired) electrons. The van der Waals surface area contributed by atoms with E-state index in [0.717, 1.165) is 27.6 Å². The number of hydrogen-bond acceptors (Lipinski definition) is 7. The molecule has 34 heavy (non-hydrogen) atoms. The molecule has 0 spiro atoms. The Kier molecular flexibility index (Phi) is 7.14. The quantitative estimate of drug-likeness (QED) is 0.281. The van der Waals surface area contributed by atoms with E-state index in [1.165, 1.54) is 11.3 Å². The van der Waals surface area contributed by atoms with Crippen molar-refractivity contribution in [2.24, 2.45) is 0 Å². The molecule has 9 heteroatoms. The van der Waals surface area contributed by atoms with Crippen molar-refractivity contribution in [3.8, 4) is 11.3 Å². The molecule has 2 aromatic carbocycles. The van der Waals surface area contributed by atoms with Crippen LogP contribution >= 0.6 is 11.3 Å². The lowest BCUT2D eigenvalue weighted by molar-refractivity contribution is 0.0526. The third-order valence-electron chi connectivity index (χ3n) is 4.85. The summed E-state index contributed by atoms with van der Waals surface area (Å²) >= 11 is 1.49. The molecule has 172 valence electrons. The standard InChI is InChI=1S/C25H23N5O3S/c1-3-33-23(31)17-7-10-19(11-8-17)27-24(32)28-20-9-6-16(2)21(13-20)29-25-30-22(15-34-25)18-5-4-12-26-14-18/h4-15H,3H2,1-2H3,(H,29,30)(H2,27,28,32). The van der Waals surface area contributed by atoms with E-state index >= 15 is 0 Å². The normalized spacial score (nSPS) is 10.4. The number of aromatic nitrogens is 2. The van der Waals surface area contributed by atoms with Crippen LogP contribution in [0.3, 0.4) is 0 Å². The minimum Gasteiger partial charge on any atom is -0.462 e. The van der Waals surface area contributed by atoms with Crippen LogP contribution in [0, 0.1) is 6.92 Å². The van der Waals surface area contributed by atoms with Gasteiger partial charge in [0, 0.05) is 40.4 Å². The Hall–Kier alpha value is -4.24. The molecule has 2 aromatic heterocycles. The molecule has 0 saturated heterocycles. The summed E-state index contributed by atoms with van der Waals surface area (Å²) in [6.45, 7) is 4.04. The lowest BCUT2D eigenvalue weighted by Crippen LogP contribution is -2.19. The van der Waals surface area contributed by atoms with Crippen molar-refractivity contribution < 1.29 is 14.3 Å². The van der Waals surface area contributed by atoms with Gasteiger partial charge in [-0.25, -0.2) is 14.6 Å². The van der Waals surface area contributed by atoms with Crippen LogP contribution in [-0.2, 0) is 4.74 Å². The lowest BCUT2D eigenvalue weighted by atomic mass is 10.2. The van der Waals surface area contributed by atoms with Crippen molar-refractivity contribution in [1.82, 2.24) is 9.97 Å². The van der Waals surface area contributed by atoms with E-state index in [1.54, 1.807) is 43.6 Å². The number of aryl methyl sites for hydroxylation is 1. The van der Waals surface area contributed by atoms with Gasteiger partial charge in [-0.15, -0.1) is 11.3 Å². The van der Waals surface area contributed by atoms with Gasteiger partial charge in [-0.1, -0.05) is 6.07 Å². The number of carbonyl (C=O) groups is 2. The van der Waals surface area contributed by atoms with Crippen molar-refractivity contribution in [2.45, 2.75) is 13.8 Å². The highest BCUT2D eigenvalue weighted by Gasteiger charge is 2.10. The van der Waals surface area contributed by atoms with Gasteiger partial charge in [-0.3, -0.25) is 4.98 Å². The third-order valence-corrected chi connectivity index (χ3v) is 5.61. The first-order valence-electron chi connectivity index (χ1n) is 10.6. The number of nitrogens with one attached hydrogen (secondary N) is 3. The van der Waals surface area contributed by atoms with Gasteiger partial charge in [-0.05, 0) is 67.9 Å². The summed E-state index contributed by atoms with van der Waals surface area (Å²) in [7, 11) is 0. The summed E-state index contributed by atoms with van der Waals surface area (Å²) in [5.41, 5.74) is 5.25. The molecule has 0 unspecified atom stereocenters. The highest BCUT2D eigenvalue weighted by molar-refractivity contribution is 7.14. The number of esters is 1. The average molecular weight is 474 g/mol. The second kappa shape index (κ2) is 10.6. The zero-order valence-corrected chi connectivity index (χ0v) is 19.5. The first-order valence-corrected chi connectivity index (χ1v) is 11.5. The number of benzene rings is 2. The number of nitrogens with zero attached hydrogens (tertiary/aromatic N) is 2. The maximum Gasteiger partial charge on any atom is 0.338 e. The van der Waals surface area contributed by atoms with Crippen molar-refractivity contribution in [3.63, 3.8) is 0 Å². The molecule has 4 rings (SSSR count). The lowest BCUT2D eigenvalue weighted by Gasteiger charge is -2.12. The fraction of sp³-hybridized carbons (Fsp3) is 0.120. The summed E-state index contributed by atoms with van der Waals surface area (Å²) in [5, 5.41) is 11.6. The molecule has 0 atom stereocenters. The summed E-state index contributed by atoms with van der Waals surface area (Å²) < 4.78 is 4.96. The molecule has 0 bridgehead atoms. The van der Waals surface area contributed by atoms with Crippen LogP contribution in [0.25, 0.3) is 11.3 Å². The molecule has 0 aliphatic carbocycles. The maximum atomic E-state index is 12.5. The number of pyridine rings is 1. The number of thiazole rings is 1. The number of urea groups is 1. The molecule has 3 N–H and O–H groups in total. The molecule has 0 saturated carbocycles.